The number of rotatable bonds is 6. The van der Waals surface area contributed by atoms with E-state index in [4.69, 9.17) is 32.4 Å². The number of furan rings is 1. The van der Waals surface area contributed by atoms with Gasteiger partial charge in [0.05, 0.1) is 14.3 Å². The molecule has 1 amide bonds. The molecule has 0 bridgehead atoms. The number of hydrogen-bond donors (Lipinski definition) is 1. The van der Waals surface area contributed by atoms with Gasteiger partial charge in [-0.15, -0.1) is 0 Å². The number of nitrogens with one attached hydrogen (secondary N) is 1. The highest BCUT2D eigenvalue weighted by Crippen LogP contribution is 2.33. The second kappa shape index (κ2) is 10.2. The third-order valence-corrected chi connectivity index (χ3v) is 6.41. The summed E-state index contributed by atoms with van der Waals surface area (Å²) in [5, 5.41) is 6.01. The van der Waals surface area contributed by atoms with Crippen LogP contribution in [0.3, 0.4) is 0 Å². The molecule has 0 saturated carbocycles. The molecule has 0 aliphatic carbocycles. The lowest BCUT2D eigenvalue weighted by molar-refractivity contribution is 0.0929. The maximum Gasteiger partial charge on any atom is 0.307 e. The first-order chi connectivity index (χ1) is 15.4. The number of fused-ring (bicyclic) bond motifs is 1. The smallest absolute Gasteiger partial charge is 0.307 e. The van der Waals surface area contributed by atoms with E-state index in [-0.39, 0.29) is 5.76 Å². The zero-order valence-corrected chi connectivity index (χ0v) is 21.5. The minimum atomic E-state index is -0.425. The van der Waals surface area contributed by atoms with Crippen LogP contribution in [0.1, 0.15) is 21.7 Å². The van der Waals surface area contributed by atoms with Crippen LogP contribution in [-0.2, 0) is 6.61 Å². The predicted molar refractivity (Wildman–Crippen MR) is 139 cm³/mol. The van der Waals surface area contributed by atoms with Gasteiger partial charge >= 0.3 is 5.91 Å². The van der Waals surface area contributed by atoms with Gasteiger partial charge in [-0.2, -0.15) is 5.10 Å². The Morgan fingerprint density at radius 3 is 2.72 bits per heavy atom. The second-order valence-electron chi connectivity index (χ2n) is 6.69. The van der Waals surface area contributed by atoms with Crippen LogP contribution < -0.4 is 10.2 Å². The Bertz CT molecular complexity index is 1280. The predicted octanol–water partition coefficient (Wildman–Crippen LogP) is 7.45. The summed E-state index contributed by atoms with van der Waals surface area (Å²) >= 11 is 17.9. The van der Waals surface area contributed by atoms with Crippen LogP contribution in [0, 0.1) is 3.57 Å². The SMILES string of the molecule is O=C(N/N=C/c1cc(Br)c(OCc2ccc(Cl)cc2Cl)c(I)c1)c1cc2ccccc2o1. The van der Waals surface area contributed by atoms with E-state index in [1.54, 1.807) is 30.5 Å². The maximum atomic E-state index is 12.3. The van der Waals surface area contributed by atoms with Gasteiger partial charge in [0, 0.05) is 21.0 Å². The van der Waals surface area contributed by atoms with Crippen LogP contribution >= 0.6 is 61.7 Å². The van der Waals surface area contributed by atoms with E-state index in [1.807, 2.05) is 36.4 Å². The van der Waals surface area contributed by atoms with Crippen LogP contribution in [0.5, 0.6) is 5.75 Å². The van der Waals surface area contributed by atoms with Crippen molar-refractivity contribution in [3.63, 3.8) is 0 Å². The van der Waals surface area contributed by atoms with E-state index in [1.165, 1.54) is 0 Å². The standard InChI is InChI=1S/C23H14BrCl2IN2O3/c24-17-7-13(8-19(27)22(17)31-12-15-5-6-16(25)10-18(15)26)11-28-29-23(30)21-9-14-3-1-2-4-20(14)32-21/h1-11H,12H2,(H,29,30)/b28-11+. The summed E-state index contributed by atoms with van der Waals surface area (Å²) in [6.07, 6.45) is 1.55. The molecular formula is C23H14BrCl2IN2O3. The third-order valence-electron chi connectivity index (χ3n) is 4.44. The van der Waals surface area contributed by atoms with Crippen molar-refractivity contribution in [1.29, 1.82) is 0 Å². The maximum absolute atomic E-state index is 12.3. The highest BCUT2D eigenvalue weighted by atomic mass is 127. The number of hydrazone groups is 1. The van der Waals surface area contributed by atoms with Gasteiger partial charge in [0.2, 0.25) is 0 Å². The topological polar surface area (TPSA) is 63.8 Å². The summed E-state index contributed by atoms with van der Waals surface area (Å²) in [6.45, 7) is 0.297. The van der Waals surface area contributed by atoms with Gasteiger partial charge in [-0.3, -0.25) is 4.79 Å². The van der Waals surface area contributed by atoms with E-state index in [0.29, 0.717) is 28.0 Å². The van der Waals surface area contributed by atoms with Crippen LogP contribution in [0.4, 0.5) is 0 Å². The molecule has 9 heteroatoms. The molecule has 1 heterocycles. The van der Waals surface area contributed by atoms with Crippen LogP contribution in [-0.4, -0.2) is 12.1 Å². The second-order valence-corrected chi connectivity index (χ2v) is 9.55. The zero-order valence-electron chi connectivity index (χ0n) is 16.2. The minimum Gasteiger partial charge on any atom is -0.487 e. The summed E-state index contributed by atoms with van der Waals surface area (Å²) in [6, 6.07) is 18.1. The number of hydrogen-bond acceptors (Lipinski definition) is 4. The van der Waals surface area contributed by atoms with E-state index < -0.39 is 5.91 Å². The number of amides is 1. The fraction of sp³-hybridized carbons (Fsp3) is 0.0435. The normalized spacial score (nSPS) is 11.2. The van der Waals surface area contributed by atoms with Crippen molar-refractivity contribution in [3.05, 3.63) is 95.6 Å². The van der Waals surface area contributed by atoms with Crippen molar-refractivity contribution in [2.75, 3.05) is 0 Å². The average molecular weight is 644 g/mol. The monoisotopic (exact) mass is 642 g/mol. The number of benzene rings is 3. The van der Waals surface area contributed by atoms with Crippen molar-refractivity contribution in [2.45, 2.75) is 6.61 Å². The molecule has 0 spiro atoms. The van der Waals surface area contributed by atoms with Crippen LogP contribution in [0.25, 0.3) is 11.0 Å². The molecule has 0 saturated heterocycles. The Morgan fingerprint density at radius 2 is 1.97 bits per heavy atom. The number of carbonyl (C=O) groups excluding carboxylic acids is 1. The summed E-state index contributed by atoms with van der Waals surface area (Å²) in [5.74, 6) is 0.454. The van der Waals surface area contributed by atoms with E-state index >= 15 is 0 Å². The molecule has 0 fully saturated rings. The van der Waals surface area contributed by atoms with Gasteiger partial charge in [-0.25, -0.2) is 5.43 Å². The van der Waals surface area contributed by atoms with Gasteiger partial charge < -0.3 is 9.15 Å². The number of ether oxygens (including phenoxy) is 1. The Labute approximate surface area is 216 Å². The number of nitrogens with zero attached hydrogens (tertiary/aromatic N) is 1. The van der Waals surface area contributed by atoms with Gasteiger partial charge in [-0.05, 0) is 80.5 Å². The molecule has 4 rings (SSSR count). The first-order valence-electron chi connectivity index (χ1n) is 9.28. The Balaban J connectivity index is 1.41. The Hall–Kier alpha value is -2.07. The lowest BCUT2D eigenvalue weighted by atomic mass is 10.2. The zero-order chi connectivity index (χ0) is 22.7. The Morgan fingerprint density at radius 1 is 1.16 bits per heavy atom. The van der Waals surface area contributed by atoms with Gasteiger partial charge in [0.1, 0.15) is 17.9 Å². The van der Waals surface area contributed by atoms with Crippen LogP contribution in [0.2, 0.25) is 10.0 Å². The highest BCUT2D eigenvalue weighted by Gasteiger charge is 2.12. The fourth-order valence-electron chi connectivity index (χ4n) is 2.89. The molecule has 3 aromatic carbocycles. The van der Waals surface area contributed by atoms with Gasteiger partial charge in [0.25, 0.3) is 0 Å². The largest absolute Gasteiger partial charge is 0.487 e. The molecule has 0 aliphatic rings. The number of halogens is 4. The molecule has 0 atom stereocenters. The van der Waals surface area contributed by atoms with Crippen molar-refractivity contribution in [3.8, 4) is 5.75 Å². The summed E-state index contributed by atoms with van der Waals surface area (Å²) in [5.41, 5.74) is 4.74. The molecule has 5 nitrogen and oxygen atoms in total. The Kier molecular flexibility index (Phi) is 7.40. The molecular weight excluding hydrogens is 630 g/mol. The van der Waals surface area contributed by atoms with Crippen molar-refractivity contribution < 1.29 is 13.9 Å². The average Bonchev–Trinajstić information content (AvgIpc) is 3.19. The molecule has 1 aromatic heterocycles. The molecule has 162 valence electrons. The highest BCUT2D eigenvalue weighted by molar-refractivity contribution is 14.1. The summed E-state index contributed by atoms with van der Waals surface area (Å²) < 4.78 is 13.1. The quantitative estimate of drug-likeness (QED) is 0.135. The van der Waals surface area contributed by atoms with Crippen LogP contribution in [0.15, 0.2) is 74.7 Å². The van der Waals surface area contributed by atoms with Crippen molar-refractivity contribution in [1.82, 2.24) is 5.43 Å². The van der Waals surface area contributed by atoms with Crippen molar-refractivity contribution in [2.24, 2.45) is 5.10 Å². The van der Waals surface area contributed by atoms with Gasteiger partial charge in [-0.1, -0.05) is 47.5 Å². The lowest BCUT2D eigenvalue weighted by Crippen LogP contribution is -2.16. The molecule has 1 N–H and O–H groups in total. The summed E-state index contributed by atoms with van der Waals surface area (Å²) in [7, 11) is 0. The van der Waals surface area contributed by atoms with Crippen molar-refractivity contribution >= 4 is 84.8 Å². The van der Waals surface area contributed by atoms with E-state index in [9.17, 15) is 4.79 Å². The first-order valence-corrected chi connectivity index (χ1v) is 11.9. The fourth-order valence-corrected chi connectivity index (χ4v) is 5.13. The molecule has 0 radical (unpaired) electrons. The molecule has 32 heavy (non-hydrogen) atoms. The van der Waals surface area contributed by atoms with E-state index in [2.05, 4.69) is 49.0 Å². The first kappa shape index (κ1) is 23.1. The molecule has 0 aliphatic heterocycles. The summed E-state index contributed by atoms with van der Waals surface area (Å²) in [4.78, 5) is 12.3. The number of carbonyl (C=O) groups is 1. The minimum absolute atomic E-state index is 0.198. The van der Waals surface area contributed by atoms with E-state index in [0.717, 1.165) is 24.6 Å². The molecule has 0 unspecified atom stereocenters. The third kappa shape index (κ3) is 5.46. The lowest BCUT2D eigenvalue weighted by Gasteiger charge is -2.12. The number of para-hydroxylation sites is 1. The molecule has 4 aromatic rings. The van der Waals surface area contributed by atoms with Gasteiger partial charge in [0.15, 0.2) is 5.76 Å².